The fraction of sp³-hybridized carbons (Fsp3) is 0.171. The van der Waals surface area contributed by atoms with Gasteiger partial charge in [0.15, 0.2) is 12.7 Å². The second-order valence-corrected chi connectivity index (χ2v) is 12.4. The van der Waals surface area contributed by atoms with E-state index in [2.05, 4.69) is 21.2 Å². The monoisotopic (exact) mass is 684 g/mol. The van der Waals surface area contributed by atoms with Crippen molar-refractivity contribution < 1.29 is 28.6 Å². The van der Waals surface area contributed by atoms with Gasteiger partial charge in [0, 0.05) is 15.8 Å². The van der Waals surface area contributed by atoms with E-state index in [0.717, 1.165) is 15.6 Å². The van der Waals surface area contributed by atoms with Gasteiger partial charge >= 0.3 is 5.97 Å². The largest absolute Gasteiger partial charge is 0.489 e. The van der Waals surface area contributed by atoms with E-state index < -0.39 is 35.3 Å². The number of ether oxygens (including phenoxy) is 3. The Balaban J connectivity index is 1.24. The lowest BCUT2D eigenvalue weighted by molar-refractivity contribution is -0.155. The van der Waals surface area contributed by atoms with Crippen molar-refractivity contribution in [3.05, 3.63) is 142 Å². The van der Waals surface area contributed by atoms with Crippen LogP contribution in [0.15, 0.2) is 131 Å². The van der Waals surface area contributed by atoms with Gasteiger partial charge in [-0.3, -0.25) is 14.5 Å². The lowest BCUT2D eigenvalue weighted by Gasteiger charge is -2.49. The van der Waals surface area contributed by atoms with Crippen molar-refractivity contribution in [2.24, 2.45) is 0 Å². The van der Waals surface area contributed by atoms with Gasteiger partial charge in [-0.2, -0.15) is 0 Å². The fourth-order valence-corrected chi connectivity index (χ4v) is 6.70. The topological polar surface area (TPSA) is 94.2 Å². The van der Waals surface area contributed by atoms with Crippen LogP contribution >= 0.6 is 27.7 Å². The zero-order valence-electron chi connectivity index (χ0n) is 24.0. The molecule has 0 spiro atoms. The van der Waals surface area contributed by atoms with Crippen LogP contribution in [0.2, 0.25) is 0 Å². The molecule has 2 aliphatic heterocycles. The van der Waals surface area contributed by atoms with E-state index in [1.165, 1.54) is 16.7 Å². The Bertz CT molecular complexity index is 1650. The summed E-state index contributed by atoms with van der Waals surface area (Å²) < 4.78 is 18.7. The van der Waals surface area contributed by atoms with E-state index in [1.54, 1.807) is 12.1 Å². The molecule has 0 aliphatic carbocycles. The number of β-lactam (4-membered cyclic amide) rings is 1. The summed E-state index contributed by atoms with van der Waals surface area (Å²) in [5.41, 5.74) is 2.36. The summed E-state index contributed by atoms with van der Waals surface area (Å²) in [5.74, 6) is 0.112. The number of hydrogen-bond donors (Lipinski definition) is 1. The number of nitrogens with one attached hydrogen (secondary N) is 1. The maximum Gasteiger partial charge on any atom is 0.356 e. The van der Waals surface area contributed by atoms with E-state index in [4.69, 9.17) is 14.2 Å². The summed E-state index contributed by atoms with van der Waals surface area (Å²) in [6.07, 6.45) is -0.698. The number of nitrogens with zero attached hydrogens (tertiary/aromatic N) is 1. The highest BCUT2D eigenvalue weighted by Gasteiger charge is 2.54. The Hall–Kier alpha value is -4.54. The first-order chi connectivity index (χ1) is 22.0. The molecule has 2 heterocycles. The quantitative estimate of drug-likeness (QED) is 0.155. The van der Waals surface area contributed by atoms with Gasteiger partial charge in [-0.15, -0.1) is 11.8 Å². The predicted octanol–water partition coefficient (Wildman–Crippen LogP) is 5.89. The second-order valence-electron chi connectivity index (χ2n) is 10.4. The predicted molar refractivity (Wildman–Crippen MR) is 174 cm³/mol. The molecule has 4 aromatic carbocycles. The van der Waals surface area contributed by atoms with Gasteiger partial charge in [-0.1, -0.05) is 94.8 Å². The average molecular weight is 686 g/mol. The van der Waals surface area contributed by atoms with E-state index in [0.29, 0.717) is 22.8 Å². The first-order valence-corrected chi connectivity index (χ1v) is 16.2. The number of benzene rings is 4. The van der Waals surface area contributed by atoms with Gasteiger partial charge < -0.3 is 19.5 Å². The van der Waals surface area contributed by atoms with Crippen LogP contribution in [0.25, 0.3) is 0 Å². The number of halogens is 1. The minimum Gasteiger partial charge on any atom is -0.489 e. The van der Waals surface area contributed by atoms with Gasteiger partial charge in [0.05, 0.1) is 0 Å². The van der Waals surface area contributed by atoms with Crippen LogP contribution in [0.4, 0.5) is 0 Å². The van der Waals surface area contributed by atoms with Gasteiger partial charge in [0.25, 0.3) is 11.8 Å². The minimum absolute atomic E-state index is 0.0822. The summed E-state index contributed by atoms with van der Waals surface area (Å²) in [7, 11) is 0. The zero-order valence-corrected chi connectivity index (χ0v) is 26.4. The highest BCUT2D eigenvalue weighted by molar-refractivity contribution is 9.10. The van der Waals surface area contributed by atoms with Gasteiger partial charge in [-0.05, 0) is 47.5 Å². The molecule has 1 unspecified atom stereocenters. The van der Waals surface area contributed by atoms with E-state index >= 15 is 0 Å². The average Bonchev–Trinajstić information content (AvgIpc) is 3.09. The number of amides is 2. The van der Waals surface area contributed by atoms with Crippen LogP contribution in [0.1, 0.15) is 17.2 Å². The Morgan fingerprint density at radius 3 is 2.02 bits per heavy atom. The molecule has 0 saturated carbocycles. The van der Waals surface area contributed by atoms with Crippen molar-refractivity contribution in [2.45, 2.75) is 17.5 Å². The van der Waals surface area contributed by atoms with Gasteiger partial charge in [0.1, 0.15) is 35.2 Å². The summed E-state index contributed by atoms with van der Waals surface area (Å²) in [4.78, 5) is 41.8. The molecule has 2 atom stereocenters. The Kier molecular flexibility index (Phi) is 9.52. The SMILES string of the molecule is O=C(COc1ccccc1)NC1C(=O)N2C(C(=O)OC(c3ccccc3)c3ccccc3)=C(COc3ccc(Br)cc3)CS[C@@H]12. The van der Waals surface area contributed by atoms with Gasteiger partial charge in [-0.25, -0.2) is 4.79 Å². The summed E-state index contributed by atoms with van der Waals surface area (Å²) >= 11 is 4.88. The molecule has 6 rings (SSSR count). The number of carbonyl (C=O) groups excluding carboxylic acids is 3. The van der Waals surface area contributed by atoms with Crippen LogP contribution < -0.4 is 14.8 Å². The van der Waals surface area contributed by atoms with Crippen molar-refractivity contribution in [3.8, 4) is 11.5 Å². The van der Waals surface area contributed by atoms with Crippen LogP contribution in [0.5, 0.6) is 11.5 Å². The lowest BCUT2D eigenvalue weighted by Crippen LogP contribution is -2.71. The van der Waals surface area contributed by atoms with E-state index in [9.17, 15) is 14.4 Å². The third kappa shape index (κ3) is 7.08. The van der Waals surface area contributed by atoms with Crippen molar-refractivity contribution in [1.82, 2.24) is 10.2 Å². The normalized spacial score (nSPS) is 17.3. The van der Waals surface area contributed by atoms with Crippen molar-refractivity contribution in [3.63, 3.8) is 0 Å². The first kappa shape index (κ1) is 30.5. The molecule has 1 N–H and O–H groups in total. The van der Waals surface area contributed by atoms with Crippen molar-refractivity contribution >= 4 is 45.5 Å². The number of esters is 1. The molecule has 2 amide bonds. The third-order valence-electron chi connectivity index (χ3n) is 7.33. The molecule has 0 radical (unpaired) electrons. The molecule has 8 nitrogen and oxygen atoms in total. The number of thioether (sulfide) groups is 1. The highest BCUT2D eigenvalue weighted by Crippen LogP contribution is 2.42. The number of fused-ring (bicyclic) bond motifs is 1. The minimum atomic E-state index is -0.808. The number of carbonyl (C=O) groups is 3. The Morgan fingerprint density at radius 1 is 0.822 bits per heavy atom. The molecular weight excluding hydrogens is 656 g/mol. The van der Waals surface area contributed by atoms with E-state index in [-0.39, 0.29) is 18.9 Å². The number of hydrogen-bond acceptors (Lipinski definition) is 7. The molecular formula is C35H29BrN2O6S. The van der Waals surface area contributed by atoms with Crippen LogP contribution in [-0.4, -0.2) is 53.1 Å². The summed E-state index contributed by atoms with van der Waals surface area (Å²) in [6, 6.07) is 34.5. The fourth-order valence-electron chi connectivity index (χ4n) is 5.11. The molecule has 0 bridgehead atoms. The molecule has 2 aliphatic rings. The van der Waals surface area contributed by atoms with E-state index in [1.807, 2.05) is 103 Å². The first-order valence-electron chi connectivity index (χ1n) is 14.3. The molecule has 0 aromatic heterocycles. The lowest BCUT2D eigenvalue weighted by atomic mass is 10.0. The molecule has 1 fully saturated rings. The smallest absolute Gasteiger partial charge is 0.356 e. The molecule has 45 heavy (non-hydrogen) atoms. The molecule has 10 heteroatoms. The van der Waals surface area contributed by atoms with Crippen LogP contribution in [0.3, 0.4) is 0 Å². The molecule has 228 valence electrons. The summed E-state index contributed by atoms with van der Waals surface area (Å²) in [6.45, 7) is -0.156. The highest BCUT2D eigenvalue weighted by atomic mass is 79.9. The van der Waals surface area contributed by atoms with Crippen molar-refractivity contribution in [2.75, 3.05) is 19.0 Å². The zero-order chi connectivity index (χ0) is 31.2. The Labute approximate surface area is 273 Å². The molecule has 1 saturated heterocycles. The second kappa shape index (κ2) is 14.0. The van der Waals surface area contributed by atoms with Crippen molar-refractivity contribution in [1.29, 1.82) is 0 Å². The third-order valence-corrected chi connectivity index (χ3v) is 9.19. The van der Waals surface area contributed by atoms with Crippen LogP contribution in [0, 0.1) is 0 Å². The Morgan fingerprint density at radius 2 is 1.40 bits per heavy atom. The maximum atomic E-state index is 14.1. The number of para-hydroxylation sites is 1. The van der Waals surface area contributed by atoms with Crippen LogP contribution in [-0.2, 0) is 19.1 Å². The summed E-state index contributed by atoms with van der Waals surface area (Å²) in [5, 5.41) is 2.30. The van der Waals surface area contributed by atoms with Gasteiger partial charge in [0.2, 0.25) is 0 Å². The number of rotatable bonds is 11. The molecule has 4 aromatic rings. The standard InChI is InChI=1S/C35H29BrN2O6S/c36-26-16-18-28(19-17-26)42-20-25-22-45-34-30(37-29(39)21-43-27-14-8-3-9-15-27)33(40)38(34)31(25)35(41)44-32(23-10-4-1-5-11-23)24-12-6-2-7-13-24/h1-19,30,32,34H,20-22H2,(H,37,39)/t30?,34-/m0/s1. The maximum absolute atomic E-state index is 14.1.